The largest absolute Gasteiger partial charge is 0.490 e. The molecular weight excluding hydrogens is 931 g/mol. The minimum atomic E-state index is -1.13. The number of ether oxygens (including phenoxy) is 1. The summed E-state index contributed by atoms with van der Waals surface area (Å²) >= 11 is 1.43. The molecule has 16 nitrogen and oxygen atoms in total. The molecule has 0 radical (unpaired) electrons. The van der Waals surface area contributed by atoms with E-state index >= 15 is 0 Å². The number of carbonyl (C=O) groups is 5. The third-order valence-corrected chi connectivity index (χ3v) is 15.9. The number of amides is 4. The Morgan fingerprint density at radius 3 is 2.43 bits per heavy atom. The molecule has 0 bridgehead atoms. The number of para-hydroxylation sites is 1. The third kappa shape index (κ3) is 9.24. The van der Waals surface area contributed by atoms with Gasteiger partial charge in [-0.25, -0.2) is 14.8 Å². The smallest absolute Gasteiger partial charge is 0.355 e. The summed E-state index contributed by atoms with van der Waals surface area (Å²) in [5.74, 6) is -0.684. The highest BCUT2D eigenvalue weighted by atomic mass is 32.1. The Morgan fingerprint density at radius 2 is 1.64 bits per heavy atom. The van der Waals surface area contributed by atoms with Crippen LogP contribution in [0.15, 0.2) is 91.0 Å². The van der Waals surface area contributed by atoms with Gasteiger partial charge in [0.15, 0.2) is 10.8 Å². The molecule has 17 heteroatoms. The minimum absolute atomic E-state index is 0.0275. The number of pyridine rings is 1. The summed E-state index contributed by atoms with van der Waals surface area (Å²) in [6.07, 6.45) is 5.30. The molecule has 0 spiro atoms. The lowest BCUT2D eigenvalue weighted by molar-refractivity contribution is -0.134. The van der Waals surface area contributed by atoms with E-state index in [1.54, 1.807) is 4.68 Å². The molecule has 4 amide bonds. The predicted octanol–water partition coefficient (Wildman–Crippen LogP) is 8.26. The summed E-state index contributed by atoms with van der Waals surface area (Å²) in [4.78, 5) is 80.1. The molecule has 3 fully saturated rings. The van der Waals surface area contributed by atoms with Crippen molar-refractivity contribution in [3.05, 3.63) is 125 Å². The first-order chi connectivity index (χ1) is 34.9. The van der Waals surface area contributed by atoms with Gasteiger partial charge in [-0.15, -0.1) is 0 Å². The quantitative estimate of drug-likeness (QED) is 0.105. The Hall–Kier alpha value is -7.66. The second-order valence-corrected chi connectivity index (χ2v) is 20.4. The normalized spacial score (nSPS) is 19.3. The molecule has 4 aliphatic rings. The highest BCUT2D eigenvalue weighted by Crippen LogP contribution is 2.38. The maximum atomic E-state index is 13.7. The molecule has 2 saturated heterocycles. The number of benzene rings is 4. The first kappa shape index (κ1) is 46.7. The molecule has 3 aliphatic heterocycles. The summed E-state index contributed by atoms with van der Waals surface area (Å²) in [7, 11) is 1.87. The fourth-order valence-electron chi connectivity index (χ4n) is 11.0. The monoisotopic (exact) mass is 985 g/mol. The number of nitrogens with one attached hydrogen (secondary N) is 2. The third-order valence-electron chi connectivity index (χ3n) is 15.0. The zero-order valence-electron chi connectivity index (χ0n) is 40.2. The van der Waals surface area contributed by atoms with Crippen molar-refractivity contribution in [2.75, 3.05) is 47.8 Å². The number of imide groups is 1. The van der Waals surface area contributed by atoms with Crippen molar-refractivity contribution in [2.45, 2.75) is 76.9 Å². The second-order valence-electron chi connectivity index (χ2n) is 19.4. The molecule has 1 saturated carbocycles. The number of fused-ring (bicyclic) bond motifs is 3. The van der Waals surface area contributed by atoms with Gasteiger partial charge >= 0.3 is 5.97 Å². The summed E-state index contributed by atoms with van der Waals surface area (Å²) in [6.45, 7) is 5.67. The molecule has 6 heterocycles. The van der Waals surface area contributed by atoms with Crippen LogP contribution >= 0.6 is 11.3 Å². The number of hydrogen-bond acceptors (Lipinski definition) is 12. The van der Waals surface area contributed by atoms with Gasteiger partial charge in [0, 0.05) is 81.4 Å². The van der Waals surface area contributed by atoms with Crippen LogP contribution < -0.4 is 25.2 Å². The standard InChI is InChI=1S/C55H55N9O7S/c1-32-37(38-19-21-47(57-51(38)54(69)70)64-24-23-34-7-5-9-39(42(34)31-64)52(67)59-55-56-43-10-3-4-12-46(43)72-55)8-6-11-45(32)71-36-16-13-33(14-17-36)29-49(66)63-27-25-62(26-28-63)35-15-18-40-44(30-35)61(2)60-50(40)41-20-22-48(65)58-53(41)68/h3-12,15,18-19,21,30,33,36,41H,13-14,16-17,20,22-29,31H2,1-2H3,(H,69,70)(H,56,59,67)(H,58,65,68)/t33-,36-,41?. The van der Waals surface area contributed by atoms with Gasteiger partial charge in [0.2, 0.25) is 17.7 Å². The SMILES string of the molecule is Cc1c(O[C@H]2CC[C@H](CC(=O)N3CCN(c4ccc5c(C6CCC(=O)NC6=O)nn(C)c5c4)CC3)CC2)cccc1-c1ccc(N2CCc3cccc(C(=O)Nc4nc5ccccc5s4)c3C2)nc1C(=O)O. The number of anilines is 3. The summed E-state index contributed by atoms with van der Waals surface area (Å²) in [5.41, 5.74) is 8.00. The number of piperazine rings is 1. The minimum Gasteiger partial charge on any atom is -0.490 e. The number of piperidine rings is 1. The van der Waals surface area contributed by atoms with E-state index in [0.717, 1.165) is 74.7 Å². The van der Waals surface area contributed by atoms with Gasteiger partial charge in [0.05, 0.1) is 33.4 Å². The molecule has 4 aromatic carbocycles. The highest BCUT2D eigenvalue weighted by Gasteiger charge is 2.33. The topological polar surface area (TPSA) is 192 Å². The number of thiazole rings is 1. The summed E-state index contributed by atoms with van der Waals surface area (Å²) in [5, 5.41) is 22.1. The number of carboxylic acids is 1. The van der Waals surface area contributed by atoms with Crippen LogP contribution in [0.1, 0.15) is 94.1 Å². The number of nitrogens with zero attached hydrogens (tertiary/aromatic N) is 7. The van der Waals surface area contributed by atoms with E-state index in [0.29, 0.717) is 98.5 Å². The van der Waals surface area contributed by atoms with E-state index in [1.807, 2.05) is 103 Å². The molecule has 1 aliphatic carbocycles. The maximum Gasteiger partial charge on any atom is 0.355 e. The van der Waals surface area contributed by atoms with Crippen LogP contribution in [0, 0.1) is 12.8 Å². The highest BCUT2D eigenvalue weighted by molar-refractivity contribution is 7.22. The van der Waals surface area contributed by atoms with Crippen molar-refractivity contribution in [3.8, 4) is 16.9 Å². The number of aromatic nitrogens is 4. The van der Waals surface area contributed by atoms with Gasteiger partial charge in [-0.3, -0.25) is 34.5 Å². The van der Waals surface area contributed by atoms with Crippen LogP contribution in [0.4, 0.5) is 16.6 Å². The number of hydrogen-bond donors (Lipinski definition) is 3. The van der Waals surface area contributed by atoms with Crippen LogP contribution in [0.3, 0.4) is 0 Å². The van der Waals surface area contributed by atoms with Gasteiger partial charge in [-0.1, -0.05) is 47.7 Å². The Kier molecular flexibility index (Phi) is 12.7. The molecule has 7 aromatic rings. The Bertz CT molecular complexity index is 3260. The van der Waals surface area contributed by atoms with Gasteiger partial charge in [0.1, 0.15) is 11.6 Å². The van der Waals surface area contributed by atoms with Crippen LogP contribution in [-0.4, -0.2) is 98.2 Å². The maximum absolute atomic E-state index is 13.7. The van der Waals surface area contributed by atoms with Gasteiger partial charge in [-0.05, 0) is 128 Å². The molecule has 368 valence electrons. The first-order valence-corrected chi connectivity index (χ1v) is 25.6. The van der Waals surface area contributed by atoms with Crippen molar-refractivity contribution >= 4 is 78.7 Å². The van der Waals surface area contributed by atoms with E-state index in [1.165, 1.54) is 11.3 Å². The van der Waals surface area contributed by atoms with Crippen LogP contribution in [0.5, 0.6) is 5.75 Å². The molecular formula is C55H55N9O7S. The lowest BCUT2D eigenvalue weighted by Gasteiger charge is -2.37. The predicted molar refractivity (Wildman–Crippen MR) is 276 cm³/mol. The number of carboxylic acid groups (broad SMARTS) is 1. The first-order valence-electron chi connectivity index (χ1n) is 24.8. The number of rotatable bonds is 11. The van der Waals surface area contributed by atoms with Crippen LogP contribution in [0.25, 0.3) is 32.2 Å². The van der Waals surface area contributed by atoms with E-state index in [9.17, 15) is 29.1 Å². The fraction of sp³-hybridized carbons (Fsp3) is 0.345. The van der Waals surface area contributed by atoms with Gasteiger partial charge < -0.3 is 24.5 Å². The van der Waals surface area contributed by atoms with E-state index in [2.05, 4.69) is 37.7 Å². The lowest BCUT2D eigenvalue weighted by Crippen LogP contribution is -2.49. The van der Waals surface area contributed by atoms with Crippen molar-refractivity contribution in [3.63, 3.8) is 0 Å². The fourth-order valence-corrected chi connectivity index (χ4v) is 11.9. The number of aryl methyl sites for hydroxylation is 1. The van der Waals surface area contributed by atoms with Crippen molar-refractivity contribution < 1.29 is 33.8 Å². The number of carbonyl (C=O) groups excluding carboxylic acids is 4. The second kappa shape index (κ2) is 19.5. The Labute approximate surface area is 420 Å². The molecule has 3 aromatic heterocycles. The molecule has 72 heavy (non-hydrogen) atoms. The van der Waals surface area contributed by atoms with Crippen LogP contribution in [0.2, 0.25) is 0 Å². The summed E-state index contributed by atoms with van der Waals surface area (Å²) < 4.78 is 9.42. The van der Waals surface area contributed by atoms with Crippen molar-refractivity contribution in [1.82, 2.24) is 30.0 Å². The Morgan fingerprint density at radius 1 is 0.833 bits per heavy atom. The summed E-state index contributed by atoms with van der Waals surface area (Å²) in [6, 6.07) is 29.1. The zero-order valence-corrected chi connectivity index (χ0v) is 41.0. The molecule has 1 unspecified atom stereocenters. The lowest BCUT2D eigenvalue weighted by atomic mass is 9.85. The average molecular weight is 986 g/mol. The molecule has 1 atom stereocenters. The Balaban J connectivity index is 0.689. The van der Waals surface area contributed by atoms with Crippen molar-refractivity contribution in [2.24, 2.45) is 13.0 Å². The zero-order chi connectivity index (χ0) is 49.6. The number of aromatic carboxylic acids is 1. The molecule has 3 N–H and O–H groups in total. The van der Waals surface area contributed by atoms with Crippen LogP contribution in [-0.2, 0) is 34.4 Å². The van der Waals surface area contributed by atoms with Gasteiger partial charge in [-0.2, -0.15) is 5.10 Å². The van der Waals surface area contributed by atoms with Crippen molar-refractivity contribution in [1.29, 1.82) is 0 Å². The van der Waals surface area contributed by atoms with Gasteiger partial charge in [0.25, 0.3) is 5.91 Å². The van der Waals surface area contributed by atoms with E-state index < -0.39 is 11.9 Å². The van der Waals surface area contributed by atoms with E-state index in [4.69, 9.17) is 9.72 Å². The molecule has 11 rings (SSSR count). The average Bonchev–Trinajstić information content (AvgIpc) is 3.96. The van der Waals surface area contributed by atoms with E-state index in [-0.39, 0.29) is 41.3 Å².